The standard InChI is InChI=1S/C12H15N3O4/c1-15(9-4-3-7-13-8-9)12(19)14-10(16)5-2-6-11(17)18/h3-4,7-8H,2,5-6H2,1H3,(H,17,18)(H,14,16,19). The topological polar surface area (TPSA) is 99.6 Å². The lowest BCUT2D eigenvalue weighted by Gasteiger charge is -2.16. The summed E-state index contributed by atoms with van der Waals surface area (Å²) in [4.78, 5) is 38.5. The van der Waals surface area contributed by atoms with E-state index in [0.29, 0.717) is 5.69 Å². The molecular weight excluding hydrogens is 250 g/mol. The van der Waals surface area contributed by atoms with Gasteiger partial charge >= 0.3 is 12.0 Å². The smallest absolute Gasteiger partial charge is 0.328 e. The van der Waals surface area contributed by atoms with Gasteiger partial charge in [0.25, 0.3) is 0 Å². The van der Waals surface area contributed by atoms with E-state index in [-0.39, 0.29) is 19.3 Å². The number of pyridine rings is 1. The number of carboxylic acids is 1. The van der Waals surface area contributed by atoms with E-state index in [9.17, 15) is 14.4 Å². The van der Waals surface area contributed by atoms with Crippen LogP contribution in [0.25, 0.3) is 0 Å². The number of anilines is 1. The summed E-state index contributed by atoms with van der Waals surface area (Å²) >= 11 is 0. The van der Waals surface area contributed by atoms with E-state index in [1.807, 2.05) is 0 Å². The lowest BCUT2D eigenvalue weighted by molar-refractivity contribution is -0.137. The van der Waals surface area contributed by atoms with Gasteiger partial charge in [0.15, 0.2) is 0 Å². The second-order valence-electron chi connectivity index (χ2n) is 3.87. The van der Waals surface area contributed by atoms with Crippen molar-refractivity contribution in [3.8, 4) is 0 Å². The number of aromatic nitrogens is 1. The number of carboxylic acid groups (broad SMARTS) is 1. The van der Waals surface area contributed by atoms with E-state index < -0.39 is 17.9 Å². The number of nitrogens with one attached hydrogen (secondary N) is 1. The van der Waals surface area contributed by atoms with Gasteiger partial charge in [-0.3, -0.25) is 24.8 Å². The van der Waals surface area contributed by atoms with Gasteiger partial charge in [0.2, 0.25) is 5.91 Å². The number of nitrogens with zero attached hydrogens (tertiary/aromatic N) is 2. The number of amides is 3. The zero-order chi connectivity index (χ0) is 14.3. The molecule has 0 saturated carbocycles. The SMILES string of the molecule is CN(C(=O)NC(=O)CCCC(=O)O)c1cccnc1. The molecule has 0 unspecified atom stereocenters. The van der Waals surface area contributed by atoms with Gasteiger partial charge in [-0.15, -0.1) is 0 Å². The van der Waals surface area contributed by atoms with Crippen LogP contribution in [0.3, 0.4) is 0 Å². The number of carbonyl (C=O) groups excluding carboxylic acids is 2. The largest absolute Gasteiger partial charge is 0.481 e. The lowest BCUT2D eigenvalue weighted by atomic mass is 10.2. The van der Waals surface area contributed by atoms with Gasteiger partial charge in [-0.25, -0.2) is 4.79 Å². The van der Waals surface area contributed by atoms with Crippen molar-refractivity contribution in [2.45, 2.75) is 19.3 Å². The van der Waals surface area contributed by atoms with Crippen LogP contribution in [0, 0.1) is 0 Å². The first kappa shape index (κ1) is 14.6. The molecule has 0 saturated heterocycles. The van der Waals surface area contributed by atoms with E-state index in [4.69, 9.17) is 5.11 Å². The molecule has 7 heteroatoms. The number of urea groups is 1. The van der Waals surface area contributed by atoms with Gasteiger partial charge in [-0.1, -0.05) is 0 Å². The summed E-state index contributed by atoms with van der Waals surface area (Å²) in [7, 11) is 1.51. The molecular formula is C12H15N3O4. The minimum Gasteiger partial charge on any atom is -0.481 e. The van der Waals surface area contributed by atoms with Gasteiger partial charge in [0.05, 0.1) is 11.9 Å². The molecule has 0 fully saturated rings. The van der Waals surface area contributed by atoms with Crippen LogP contribution < -0.4 is 10.2 Å². The summed E-state index contributed by atoms with van der Waals surface area (Å²) in [6.07, 6.45) is 3.17. The predicted octanol–water partition coefficient (Wildman–Crippen LogP) is 1.01. The predicted molar refractivity (Wildman–Crippen MR) is 67.7 cm³/mol. The van der Waals surface area contributed by atoms with Crippen molar-refractivity contribution in [3.63, 3.8) is 0 Å². The maximum atomic E-state index is 11.7. The van der Waals surface area contributed by atoms with Crippen molar-refractivity contribution in [2.75, 3.05) is 11.9 Å². The van der Waals surface area contributed by atoms with Crippen molar-refractivity contribution in [1.29, 1.82) is 0 Å². The maximum absolute atomic E-state index is 11.7. The van der Waals surface area contributed by atoms with Crippen LogP contribution in [0.5, 0.6) is 0 Å². The molecule has 1 heterocycles. The van der Waals surface area contributed by atoms with Crippen LogP contribution >= 0.6 is 0 Å². The fourth-order valence-corrected chi connectivity index (χ4v) is 1.34. The fourth-order valence-electron chi connectivity index (χ4n) is 1.34. The Morgan fingerprint density at radius 1 is 1.37 bits per heavy atom. The molecule has 2 N–H and O–H groups in total. The Hall–Kier alpha value is -2.44. The van der Waals surface area contributed by atoms with Gasteiger partial charge in [-0.2, -0.15) is 0 Å². The molecule has 1 aromatic heterocycles. The monoisotopic (exact) mass is 265 g/mol. The van der Waals surface area contributed by atoms with Crippen LogP contribution in [0.15, 0.2) is 24.5 Å². The molecule has 0 aromatic carbocycles. The van der Waals surface area contributed by atoms with E-state index >= 15 is 0 Å². The third-order valence-electron chi connectivity index (χ3n) is 2.38. The van der Waals surface area contributed by atoms with Crippen molar-refractivity contribution in [1.82, 2.24) is 10.3 Å². The second kappa shape index (κ2) is 7.10. The molecule has 102 valence electrons. The molecule has 1 aromatic rings. The molecule has 0 spiro atoms. The minimum atomic E-state index is -0.966. The fraction of sp³-hybridized carbons (Fsp3) is 0.333. The van der Waals surface area contributed by atoms with E-state index in [0.717, 1.165) is 0 Å². The molecule has 0 aliphatic rings. The Bertz CT molecular complexity index is 461. The van der Waals surface area contributed by atoms with Gasteiger partial charge < -0.3 is 5.11 Å². The molecule has 7 nitrogen and oxygen atoms in total. The number of hydrogen-bond acceptors (Lipinski definition) is 4. The molecule has 3 amide bonds. The number of carbonyl (C=O) groups is 3. The van der Waals surface area contributed by atoms with E-state index in [1.165, 1.54) is 18.1 Å². The molecule has 0 atom stereocenters. The normalized spacial score (nSPS) is 9.74. The summed E-state index contributed by atoms with van der Waals surface area (Å²) in [6, 6.07) is 2.78. The van der Waals surface area contributed by atoms with Crippen LogP contribution in [0.2, 0.25) is 0 Å². The van der Waals surface area contributed by atoms with Crippen LogP contribution in [0.4, 0.5) is 10.5 Å². The second-order valence-corrected chi connectivity index (χ2v) is 3.87. The first-order valence-corrected chi connectivity index (χ1v) is 5.70. The van der Waals surface area contributed by atoms with Crippen LogP contribution in [0.1, 0.15) is 19.3 Å². The molecule has 0 radical (unpaired) electrons. The minimum absolute atomic E-state index is 0.00107. The van der Waals surface area contributed by atoms with Gasteiger partial charge in [-0.05, 0) is 18.6 Å². The third kappa shape index (κ3) is 5.15. The first-order valence-electron chi connectivity index (χ1n) is 5.70. The summed E-state index contributed by atoms with van der Waals surface area (Å²) in [5, 5.41) is 10.6. The number of rotatable bonds is 5. The number of imide groups is 1. The number of aliphatic carboxylic acids is 1. The highest BCUT2D eigenvalue weighted by Crippen LogP contribution is 2.09. The van der Waals surface area contributed by atoms with Crippen LogP contribution in [-0.2, 0) is 9.59 Å². The molecule has 1 rings (SSSR count). The highest BCUT2D eigenvalue weighted by molar-refractivity contribution is 6.02. The van der Waals surface area contributed by atoms with Gasteiger partial charge in [0, 0.05) is 26.1 Å². The summed E-state index contributed by atoms with van der Waals surface area (Å²) in [5.41, 5.74) is 0.554. The summed E-state index contributed by atoms with van der Waals surface area (Å²) < 4.78 is 0. The summed E-state index contributed by atoms with van der Waals surface area (Å²) in [6.45, 7) is 0. The average molecular weight is 265 g/mol. The molecule has 0 bridgehead atoms. The van der Waals surface area contributed by atoms with E-state index in [1.54, 1.807) is 18.3 Å². The Morgan fingerprint density at radius 3 is 2.68 bits per heavy atom. The summed E-state index contributed by atoms with van der Waals surface area (Å²) in [5.74, 6) is -1.46. The van der Waals surface area contributed by atoms with Crippen molar-refractivity contribution < 1.29 is 19.5 Å². The Morgan fingerprint density at radius 2 is 2.11 bits per heavy atom. The zero-order valence-corrected chi connectivity index (χ0v) is 10.5. The van der Waals surface area contributed by atoms with Crippen molar-refractivity contribution >= 4 is 23.6 Å². The third-order valence-corrected chi connectivity index (χ3v) is 2.38. The van der Waals surface area contributed by atoms with Crippen molar-refractivity contribution in [2.24, 2.45) is 0 Å². The van der Waals surface area contributed by atoms with Gasteiger partial charge in [0.1, 0.15) is 0 Å². The highest BCUT2D eigenvalue weighted by Gasteiger charge is 2.14. The maximum Gasteiger partial charge on any atom is 0.328 e. The Balaban J connectivity index is 2.42. The first-order chi connectivity index (χ1) is 9.00. The zero-order valence-electron chi connectivity index (χ0n) is 10.5. The number of hydrogen-bond donors (Lipinski definition) is 2. The molecule has 19 heavy (non-hydrogen) atoms. The Kier molecular flexibility index (Phi) is 5.46. The van der Waals surface area contributed by atoms with Crippen LogP contribution in [-0.4, -0.2) is 35.0 Å². The Labute approximate surface area is 110 Å². The quantitative estimate of drug-likeness (QED) is 0.827. The average Bonchev–Trinajstić information content (AvgIpc) is 2.38. The van der Waals surface area contributed by atoms with Crippen molar-refractivity contribution in [3.05, 3.63) is 24.5 Å². The highest BCUT2D eigenvalue weighted by atomic mass is 16.4. The van der Waals surface area contributed by atoms with E-state index in [2.05, 4.69) is 10.3 Å². The molecule has 0 aliphatic heterocycles. The molecule has 0 aliphatic carbocycles. The lowest BCUT2D eigenvalue weighted by Crippen LogP contribution is -2.40.